The van der Waals surface area contributed by atoms with Crippen LogP contribution in [-0.4, -0.2) is 70.9 Å². The minimum absolute atomic E-state index is 0.195. The SMILES string of the molecule is CC(=O)N1CCN([C@@H]2CN(Cc3nc(C)c(C)o3)C[C@H]2C)CC1. The molecule has 2 aliphatic rings. The molecule has 2 fully saturated rings. The Morgan fingerprint density at radius 3 is 2.48 bits per heavy atom. The summed E-state index contributed by atoms with van der Waals surface area (Å²) < 4.78 is 5.72. The average molecular weight is 320 g/mol. The first-order valence-corrected chi connectivity index (χ1v) is 8.59. The van der Waals surface area contributed by atoms with E-state index >= 15 is 0 Å². The third-order valence-electron chi connectivity index (χ3n) is 5.31. The molecule has 0 aromatic carbocycles. The van der Waals surface area contributed by atoms with Crippen molar-refractivity contribution >= 4 is 5.91 Å². The van der Waals surface area contributed by atoms with E-state index in [2.05, 4.69) is 21.7 Å². The number of carbonyl (C=O) groups excluding carboxylic acids is 1. The molecule has 0 unspecified atom stereocenters. The molecule has 0 spiro atoms. The molecule has 1 aromatic rings. The zero-order valence-corrected chi connectivity index (χ0v) is 14.7. The summed E-state index contributed by atoms with van der Waals surface area (Å²) in [6.07, 6.45) is 0. The third kappa shape index (κ3) is 3.58. The molecule has 2 aliphatic heterocycles. The molecule has 0 radical (unpaired) electrons. The Hall–Kier alpha value is -1.40. The number of hydrogen-bond donors (Lipinski definition) is 0. The summed E-state index contributed by atoms with van der Waals surface area (Å²) in [7, 11) is 0. The number of nitrogens with zero attached hydrogens (tertiary/aromatic N) is 4. The van der Waals surface area contributed by atoms with Gasteiger partial charge in [0.2, 0.25) is 11.8 Å². The van der Waals surface area contributed by atoms with Crippen molar-refractivity contribution in [3.63, 3.8) is 0 Å². The van der Waals surface area contributed by atoms with Crippen LogP contribution in [-0.2, 0) is 11.3 Å². The standard InChI is InChI=1S/C17H28N4O2/c1-12-9-19(11-17-18-13(2)14(3)23-17)10-16(12)21-7-5-20(6-8-21)15(4)22/h12,16H,5-11H2,1-4H3/t12-,16-/m1/s1. The first-order chi connectivity index (χ1) is 10.9. The molecule has 3 heterocycles. The number of piperazine rings is 1. The maximum absolute atomic E-state index is 11.5. The van der Waals surface area contributed by atoms with Crippen LogP contribution in [0.3, 0.4) is 0 Å². The van der Waals surface area contributed by atoms with Crippen molar-refractivity contribution in [3.05, 3.63) is 17.3 Å². The molecule has 0 N–H and O–H groups in total. The van der Waals surface area contributed by atoms with Crippen molar-refractivity contribution in [2.45, 2.75) is 40.3 Å². The van der Waals surface area contributed by atoms with Gasteiger partial charge in [0.25, 0.3) is 0 Å². The number of carbonyl (C=O) groups is 1. The molecule has 1 aromatic heterocycles. The van der Waals surface area contributed by atoms with Gasteiger partial charge in [0.1, 0.15) is 5.76 Å². The second-order valence-corrected chi connectivity index (χ2v) is 7.03. The Kier molecular flexibility index (Phi) is 4.73. The van der Waals surface area contributed by atoms with Gasteiger partial charge >= 0.3 is 0 Å². The largest absolute Gasteiger partial charge is 0.444 e. The zero-order valence-electron chi connectivity index (χ0n) is 14.7. The van der Waals surface area contributed by atoms with Crippen LogP contribution in [0.5, 0.6) is 0 Å². The van der Waals surface area contributed by atoms with Crippen LogP contribution in [0, 0.1) is 19.8 Å². The average Bonchev–Trinajstić information content (AvgIpc) is 3.02. The molecule has 0 saturated carbocycles. The first kappa shape index (κ1) is 16.5. The number of likely N-dealkylation sites (tertiary alicyclic amines) is 1. The van der Waals surface area contributed by atoms with E-state index in [1.165, 1.54) is 0 Å². The smallest absolute Gasteiger partial charge is 0.219 e. The minimum Gasteiger partial charge on any atom is -0.444 e. The molecular weight excluding hydrogens is 292 g/mol. The second-order valence-electron chi connectivity index (χ2n) is 7.03. The molecule has 2 saturated heterocycles. The fourth-order valence-corrected chi connectivity index (χ4v) is 3.82. The Morgan fingerprint density at radius 1 is 1.22 bits per heavy atom. The van der Waals surface area contributed by atoms with Gasteiger partial charge in [0.05, 0.1) is 12.2 Å². The van der Waals surface area contributed by atoms with Crippen LogP contribution in [0.25, 0.3) is 0 Å². The lowest BCUT2D eigenvalue weighted by atomic mass is 10.0. The van der Waals surface area contributed by atoms with Crippen molar-refractivity contribution in [2.24, 2.45) is 5.92 Å². The number of rotatable bonds is 3. The predicted octanol–water partition coefficient (Wildman–Crippen LogP) is 1.28. The zero-order chi connectivity index (χ0) is 16.6. The van der Waals surface area contributed by atoms with Crippen molar-refractivity contribution < 1.29 is 9.21 Å². The minimum atomic E-state index is 0.195. The summed E-state index contributed by atoms with van der Waals surface area (Å²) in [5.41, 5.74) is 0.990. The van der Waals surface area contributed by atoms with Gasteiger partial charge in [-0.1, -0.05) is 6.92 Å². The lowest BCUT2D eigenvalue weighted by Gasteiger charge is -2.39. The molecule has 6 heteroatoms. The van der Waals surface area contributed by atoms with Gasteiger partial charge < -0.3 is 9.32 Å². The molecule has 3 rings (SSSR count). The van der Waals surface area contributed by atoms with Crippen LogP contribution in [0.1, 0.15) is 31.2 Å². The summed E-state index contributed by atoms with van der Waals surface area (Å²) in [4.78, 5) is 22.9. The molecule has 2 atom stereocenters. The number of amides is 1. The normalized spacial score (nSPS) is 26.9. The van der Waals surface area contributed by atoms with E-state index in [1.54, 1.807) is 6.92 Å². The van der Waals surface area contributed by atoms with Gasteiger partial charge in [-0.2, -0.15) is 0 Å². The van der Waals surface area contributed by atoms with Gasteiger partial charge in [-0.25, -0.2) is 4.98 Å². The van der Waals surface area contributed by atoms with Crippen molar-refractivity contribution in [3.8, 4) is 0 Å². The quantitative estimate of drug-likeness (QED) is 0.840. The molecule has 128 valence electrons. The highest BCUT2D eigenvalue weighted by Crippen LogP contribution is 2.24. The summed E-state index contributed by atoms with van der Waals surface area (Å²) in [5.74, 6) is 2.58. The molecule has 23 heavy (non-hydrogen) atoms. The van der Waals surface area contributed by atoms with E-state index in [0.717, 1.165) is 63.2 Å². The highest BCUT2D eigenvalue weighted by molar-refractivity contribution is 5.73. The second kappa shape index (κ2) is 6.61. The Morgan fingerprint density at radius 2 is 1.91 bits per heavy atom. The Bertz CT molecular complexity index is 543. The maximum Gasteiger partial charge on any atom is 0.219 e. The summed E-state index contributed by atoms with van der Waals surface area (Å²) >= 11 is 0. The van der Waals surface area contributed by atoms with Crippen LogP contribution < -0.4 is 0 Å². The van der Waals surface area contributed by atoms with E-state index in [1.807, 2.05) is 18.7 Å². The molecule has 6 nitrogen and oxygen atoms in total. The monoisotopic (exact) mass is 320 g/mol. The van der Waals surface area contributed by atoms with E-state index in [-0.39, 0.29) is 5.91 Å². The number of aryl methyl sites for hydroxylation is 2. The van der Waals surface area contributed by atoms with Crippen molar-refractivity contribution in [1.82, 2.24) is 19.7 Å². The van der Waals surface area contributed by atoms with Crippen molar-refractivity contribution in [1.29, 1.82) is 0 Å². The van der Waals surface area contributed by atoms with Crippen LogP contribution in [0.15, 0.2) is 4.42 Å². The fourth-order valence-electron chi connectivity index (χ4n) is 3.82. The van der Waals surface area contributed by atoms with Gasteiger partial charge in [0, 0.05) is 52.2 Å². The summed E-state index contributed by atoms with van der Waals surface area (Å²) in [5, 5.41) is 0. The number of aromatic nitrogens is 1. The van der Waals surface area contributed by atoms with E-state index in [0.29, 0.717) is 12.0 Å². The number of hydrogen-bond acceptors (Lipinski definition) is 5. The lowest BCUT2D eigenvalue weighted by Crippen LogP contribution is -2.53. The number of oxazole rings is 1. The molecular formula is C17H28N4O2. The predicted molar refractivity (Wildman–Crippen MR) is 88.0 cm³/mol. The Labute approximate surface area is 138 Å². The van der Waals surface area contributed by atoms with Crippen LogP contribution in [0.4, 0.5) is 0 Å². The topological polar surface area (TPSA) is 52.8 Å². The first-order valence-electron chi connectivity index (χ1n) is 8.59. The van der Waals surface area contributed by atoms with Gasteiger partial charge in [-0.05, 0) is 19.8 Å². The van der Waals surface area contributed by atoms with E-state index < -0.39 is 0 Å². The van der Waals surface area contributed by atoms with E-state index in [9.17, 15) is 4.79 Å². The molecule has 0 bridgehead atoms. The van der Waals surface area contributed by atoms with E-state index in [4.69, 9.17) is 4.42 Å². The van der Waals surface area contributed by atoms with Crippen LogP contribution in [0.2, 0.25) is 0 Å². The molecule has 1 amide bonds. The van der Waals surface area contributed by atoms with Crippen LogP contribution >= 0.6 is 0 Å². The van der Waals surface area contributed by atoms with Gasteiger partial charge in [-0.15, -0.1) is 0 Å². The maximum atomic E-state index is 11.5. The highest BCUT2D eigenvalue weighted by atomic mass is 16.4. The molecule has 0 aliphatic carbocycles. The highest BCUT2D eigenvalue weighted by Gasteiger charge is 2.35. The van der Waals surface area contributed by atoms with Gasteiger partial charge in [0.15, 0.2) is 0 Å². The summed E-state index contributed by atoms with van der Waals surface area (Å²) in [6, 6.07) is 0.571. The summed E-state index contributed by atoms with van der Waals surface area (Å²) in [6.45, 7) is 14.6. The third-order valence-corrected chi connectivity index (χ3v) is 5.31. The van der Waals surface area contributed by atoms with Gasteiger partial charge in [-0.3, -0.25) is 14.6 Å². The van der Waals surface area contributed by atoms with Crippen molar-refractivity contribution in [2.75, 3.05) is 39.3 Å². The lowest BCUT2D eigenvalue weighted by molar-refractivity contribution is -0.130. The Balaban J connectivity index is 1.55. The fraction of sp³-hybridized carbons (Fsp3) is 0.765.